The van der Waals surface area contributed by atoms with Crippen LogP contribution in [0.3, 0.4) is 0 Å². The molecule has 0 heterocycles. The third kappa shape index (κ3) is 6.18. The number of para-hydroxylation sites is 1. The van der Waals surface area contributed by atoms with E-state index in [0.29, 0.717) is 22.6 Å². The standard InChI is InChI=1S/C32H44OP2/c1-22(2)34(23(3)4)30-20-14-11-17-27(30)32(26-16-10-13-19-29(26)33-9)28-18-12-15-21-31(28)35(24(5)6)25(7)8/h10-25,32H,1-9H3. The summed E-state index contributed by atoms with van der Waals surface area (Å²) in [7, 11) is 1.19. The van der Waals surface area contributed by atoms with E-state index in [-0.39, 0.29) is 21.8 Å². The molecule has 0 spiro atoms. The van der Waals surface area contributed by atoms with Crippen LogP contribution in [0, 0.1) is 0 Å². The average molecular weight is 507 g/mol. The van der Waals surface area contributed by atoms with Crippen molar-refractivity contribution in [3.8, 4) is 5.75 Å². The molecular formula is C32H44OP2. The van der Waals surface area contributed by atoms with Crippen molar-refractivity contribution in [2.24, 2.45) is 0 Å². The van der Waals surface area contributed by atoms with Crippen molar-refractivity contribution in [1.29, 1.82) is 0 Å². The zero-order valence-corrected chi connectivity index (χ0v) is 24.9. The Hall–Kier alpha value is -1.68. The van der Waals surface area contributed by atoms with E-state index >= 15 is 0 Å². The molecule has 0 N–H and O–H groups in total. The first-order valence-electron chi connectivity index (χ1n) is 13.1. The van der Waals surface area contributed by atoms with Gasteiger partial charge in [0, 0.05) is 11.5 Å². The van der Waals surface area contributed by atoms with E-state index in [0.717, 1.165) is 5.75 Å². The molecule has 0 amide bonds. The van der Waals surface area contributed by atoms with Crippen molar-refractivity contribution >= 4 is 26.5 Å². The number of benzene rings is 3. The minimum atomic E-state index is -0.307. The van der Waals surface area contributed by atoms with Crippen molar-refractivity contribution in [3.63, 3.8) is 0 Å². The van der Waals surface area contributed by atoms with Crippen molar-refractivity contribution in [2.45, 2.75) is 83.9 Å². The second-order valence-corrected chi connectivity index (χ2v) is 17.2. The quantitative estimate of drug-likeness (QED) is 0.197. The molecule has 0 aliphatic heterocycles. The summed E-state index contributed by atoms with van der Waals surface area (Å²) in [5.74, 6) is 1.11. The van der Waals surface area contributed by atoms with Gasteiger partial charge in [-0.15, -0.1) is 0 Å². The molecule has 0 atom stereocenters. The molecule has 3 aromatic carbocycles. The van der Waals surface area contributed by atoms with Gasteiger partial charge in [0.2, 0.25) is 0 Å². The molecular weight excluding hydrogens is 462 g/mol. The predicted molar refractivity (Wildman–Crippen MR) is 160 cm³/mol. The lowest BCUT2D eigenvalue weighted by Crippen LogP contribution is -2.26. The Morgan fingerprint density at radius 1 is 0.486 bits per heavy atom. The van der Waals surface area contributed by atoms with Gasteiger partial charge in [-0.3, -0.25) is 0 Å². The Kier molecular flexibility index (Phi) is 9.98. The van der Waals surface area contributed by atoms with Crippen LogP contribution < -0.4 is 15.3 Å². The first-order chi connectivity index (χ1) is 16.7. The van der Waals surface area contributed by atoms with Crippen LogP contribution in [0.15, 0.2) is 72.8 Å². The molecule has 3 rings (SSSR count). The Bertz CT molecular complexity index is 1010. The second-order valence-electron chi connectivity index (χ2n) is 10.5. The van der Waals surface area contributed by atoms with Crippen molar-refractivity contribution in [2.75, 3.05) is 7.11 Å². The fourth-order valence-corrected chi connectivity index (χ4v) is 11.8. The van der Waals surface area contributed by atoms with Crippen LogP contribution in [0.25, 0.3) is 0 Å². The largest absolute Gasteiger partial charge is 0.496 e. The number of rotatable bonds is 10. The number of hydrogen-bond donors (Lipinski definition) is 0. The monoisotopic (exact) mass is 506 g/mol. The van der Waals surface area contributed by atoms with Gasteiger partial charge in [-0.25, -0.2) is 0 Å². The second kappa shape index (κ2) is 12.5. The lowest BCUT2D eigenvalue weighted by molar-refractivity contribution is 0.409. The topological polar surface area (TPSA) is 9.23 Å². The highest BCUT2D eigenvalue weighted by Gasteiger charge is 2.31. The summed E-state index contributed by atoms with van der Waals surface area (Å²) in [5, 5.41) is 3.08. The minimum absolute atomic E-state index is 0.142. The van der Waals surface area contributed by atoms with E-state index in [1.54, 1.807) is 7.11 Å². The fourth-order valence-electron chi connectivity index (χ4n) is 5.65. The molecule has 0 saturated carbocycles. The number of methoxy groups -OCH3 is 1. The lowest BCUT2D eigenvalue weighted by atomic mass is 9.84. The van der Waals surface area contributed by atoms with Gasteiger partial charge in [0.1, 0.15) is 5.75 Å². The summed E-state index contributed by atoms with van der Waals surface area (Å²) in [4.78, 5) is 0. The van der Waals surface area contributed by atoms with Gasteiger partial charge >= 0.3 is 0 Å². The fraction of sp³-hybridized carbons (Fsp3) is 0.438. The molecule has 0 radical (unpaired) electrons. The number of hydrogen-bond acceptors (Lipinski definition) is 1. The van der Waals surface area contributed by atoms with Crippen LogP contribution in [-0.2, 0) is 0 Å². The van der Waals surface area contributed by atoms with E-state index < -0.39 is 0 Å². The molecule has 0 fully saturated rings. The van der Waals surface area contributed by atoms with E-state index in [9.17, 15) is 0 Å². The molecule has 0 aliphatic rings. The van der Waals surface area contributed by atoms with Gasteiger partial charge < -0.3 is 4.74 Å². The van der Waals surface area contributed by atoms with Crippen LogP contribution in [-0.4, -0.2) is 29.7 Å². The first kappa shape index (κ1) is 27.9. The Balaban J connectivity index is 2.39. The van der Waals surface area contributed by atoms with Gasteiger partial charge in [0.15, 0.2) is 0 Å². The summed E-state index contributed by atoms with van der Waals surface area (Å²) in [6, 6.07) is 27.1. The maximum Gasteiger partial charge on any atom is 0.123 e. The third-order valence-corrected chi connectivity index (χ3v) is 13.1. The molecule has 1 nitrogen and oxygen atoms in total. The van der Waals surface area contributed by atoms with Crippen LogP contribution in [0.5, 0.6) is 5.75 Å². The van der Waals surface area contributed by atoms with Gasteiger partial charge in [0.05, 0.1) is 7.11 Å². The van der Waals surface area contributed by atoms with Gasteiger partial charge in [-0.05, 0) is 50.4 Å². The molecule has 188 valence electrons. The van der Waals surface area contributed by atoms with Crippen molar-refractivity contribution in [1.82, 2.24) is 0 Å². The Morgan fingerprint density at radius 3 is 1.20 bits per heavy atom. The highest BCUT2D eigenvalue weighted by atomic mass is 31.1. The van der Waals surface area contributed by atoms with Gasteiger partial charge in [0.25, 0.3) is 0 Å². The third-order valence-electron chi connectivity index (χ3n) is 6.73. The van der Waals surface area contributed by atoms with E-state index in [2.05, 4.69) is 128 Å². The smallest absolute Gasteiger partial charge is 0.123 e. The Morgan fingerprint density at radius 2 is 0.829 bits per heavy atom. The molecule has 3 heteroatoms. The summed E-state index contributed by atoms with van der Waals surface area (Å²) in [5.41, 5.74) is 6.67. The zero-order chi connectivity index (χ0) is 25.7. The van der Waals surface area contributed by atoms with E-state index in [1.165, 1.54) is 27.3 Å². The van der Waals surface area contributed by atoms with Crippen LogP contribution in [0.2, 0.25) is 0 Å². The van der Waals surface area contributed by atoms with Crippen molar-refractivity contribution in [3.05, 3.63) is 89.5 Å². The zero-order valence-electron chi connectivity index (χ0n) is 23.1. The van der Waals surface area contributed by atoms with Crippen LogP contribution >= 0.6 is 15.8 Å². The summed E-state index contributed by atoms with van der Waals surface area (Å²) in [6.45, 7) is 19.2. The van der Waals surface area contributed by atoms with Crippen LogP contribution in [0.1, 0.15) is 78.0 Å². The molecule has 0 aliphatic carbocycles. The van der Waals surface area contributed by atoms with E-state index in [1.807, 2.05) is 0 Å². The SMILES string of the molecule is COc1ccccc1C(c1ccccc1P(C(C)C)C(C)C)c1ccccc1P(C(C)C)C(C)C. The maximum atomic E-state index is 5.97. The normalized spacial score (nSPS) is 12.2. The Labute approximate surface area is 217 Å². The maximum absolute atomic E-state index is 5.97. The average Bonchev–Trinajstić information content (AvgIpc) is 2.81. The number of ether oxygens (including phenoxy) is 1. The molecule has 0 unspecified atom stereocenters. The van der Waals surface area contributed by atoms with Gasteiger partial charge in [-0.1, -0.05) is 138 Å². The van der Waals surface area contributed by atoms with Crippen LogP contribution in [0.4, 0.5) is 0 Å². The highest BCUT2D eigenvalue weighted by molar-refractivity contribution is 7.67. The summed E-state index contributed by atoms with van der Waals surface area (Å²) in [6.07, 6.45) is 0. The molecule has 3 aromatic rings. The lowest BCUT2D eigenvalue weighted by Gasteiger charge is -2.34. The summed E-state index contributed by atoms with van der Waals surface area (Å²) < 4.78 is 5.97. The minimum Gasteiger partial charge on any atom is -0.496 e. The van der Waals surface area contributed by atoms with Crippen molar-refractivity contribution < 1.29 is 4.74 Å². The highest BCUT2D eigenvalue weighted by Crippen LogP contribution is 2.51. The molecule has 0 aromatic heterocycles. The van der Waals surface area contributed by atoms with Gasteiger partial charge in [-0.2, -0.15) is 0 Å². The molecule has 35 heavy (non-hydrogen) atoms. The summed E-state index contributed by atoms with van der Waals surface area (Å²) >= 11 is 0. The van der Waals surface area contributed by atoms with E-state index in [4.69, 9.17) is 4.74 Å². The molecule has 0 bridgehead atoms. The predicted octanol–water partition coefficient (Wildman–Crippen LogP) is 8.72. The first-order valence-corrected chi connectivity index (χ1v) is 16.0. The molecule has 0 saturated heterocycles.